The molecule has 0 saturated heterocycles. The Kier molecular flexibility index (Phi) is 3.15. The van der Waals surface area contributed by atoms with Gasteiger partial charge in [-0.1, -0.05) is 13.8 Å². The molecule has 1 aromatic rings. The number of oxazole rings is 1. The highest BCUT2D eigenvalue weighted by molar-refractivity contribution is 6.20. The van der Waals surface area contributed by atoms with E-state index < -0.39 is 0 Å². The molecule has 0 spiro atoms. The molecule has 0 aliphatic carbocycles. The SMILES string of the molecule is CC(C)Cc1coc(C(C)Cl)n1. The van der Waals surface area contributed by atoms with Gasteiger partial charge in [-0.2, -0.15) is 0 Å². The van der Waals surface area contributed by atoms with E-state index in [4.69, 9.17) is 16.0 Å². The van der Waals surface area contributed by atoms with Gasteiger partial charge in [0.15, 0.2) is 0 Å². The predicted octanol–water partition coefficient (Wildman–Crippen LogP) is 3.17. The maximum atomic E-state index is 5.80. The van der Waals surface area contributed by atoms with Crippen LogP contribution in [-0.4, -0.2) is 4.98 Å². The maximum absolute atomic E-state index is 5.80. The van der Waals surface area contributed by atoms with Crippen molar-refractivity contribution in [2.24, 2.45) is 5.92 Å². The molecule has 0 saturated carbocycles. The second kappa shape index (κ2) is 3.94. The molecule has 1 atom stereocenters. The molecule has 0 aromatic carbocycles. The van der Waals surface area contributed by atoms with E-state index in [9.17, 15) is 0 Å². The predicted molar refractivity (Wildman–Crippen MR) is 49.3 cm³/mol. The fourth-order valence-electron chi connectivity index (χ4n) is 1.02. The van der Waals surface area contributed by atoms with Crippen LogP contribution in [0, 0.1) is 5.92 Å². The maximum Gasteiger partial charge on any atom is 0.211 e. The Morgan fingerprint density at radius 2 is 2.17 bits per heavy atom. The molecule has 3 heteroatoms. The van der Waals surface area contributed by atoms with Crippen molar-refractivity contribution in [2.45, 2.75) is 32.6 Å². The van der Waals surface area contributed by atoms with E-state index in [1.54, 1.807) is 6.26 Å². The Hall–Kier alpha value is -0.500. The summed E-state index contributed by atoms with van der Waals surface area (Å²) in [5.74, 6) is 1.22. The van der Waals surface area contributed by atoms with E-state index in [1.807, 2.05) is 6.92 Å². The number of aromatic nitrogens is 1. The molecule has 0 fully saturated rings. The number of hydrogen-bond acceptors (Lipinski definition) is 2. The molecule has 1 heterocycles. The molecule has 0 bridgehead atoms. The van der Waals surface area contributed by atoms with E-state index in [1.165, 1.54) is 0 Å². The highest BCUT2D eigenvalue weighted by atomic mass is 35.5. The summed E-state index contributed by atoms with van der Waals surface area (Å²) >= 11 is 5.80. The quantitative estimate of drug-likeness (QED) is 0.680. The molecule has 0 aliphatic heterocycles. The topological polar surface area (TPSA) is 26.0 Å². The minimum absolute atomic E-state index is 0.133. The summed E-state index contributed by atoms with van der Waals surface area (Å²) in [5.41, 5.74) is 0.993. The molecular weight excluding hydrogens is 174 g/mol. The summed E-state index contributed by atoms with van der Waals surface area (Å²) < 4.78 is 5.18. The zero-order valence-corrected chi connectivity index (χ0v) is 8.43. The smallest absolute Gasteiger partial charge is 0.211 e. The van der Waals surface area contributed by atoms with Crippen LogP contribution in [0.4, 0.5) is 0 Å². The third kappa shape index (κ3) is 2.52. The minimum Gasteiger partial charge on any atom is -0.447 e. The Morgan fingerprint density at radius 3 is 2.58 bits per heavy atom. The van der Waals surface area contributed by atoms with Crippen LogP contribution in [0.15, 0.2) is 10.7 Å². The van der Waals surface area contributed by atoms with Crippen molar-refractivity contribution in [1.29, 1.82) is 0 Å². The number of halogens is 1. The largest absolute Gasteiger partial charge is 0.447 e. The van der Waals surface area contributed by atoms with Crippen molar-refractivity contribution >= 4 is 11.6 Å². The van der Waals surface area contributed by atoms with E-state index in [0.717, 1.165) is 12.1 Å². The number of hydrogen-bond donors (Lipinski definition) is 0. The molecular formula is C9H14ClNO. The summed E-state index contributed by atoms with van der Waals surface area (Å²) in [5, 5.41) is -0.133. The third-order valence-corrected chi connectivity index (χ3v) is 1.71. The first-order chi connectivity index (χ1) is 5.59. The first kappa shape index (κ1) is 9.59. The first-order valence-corrected chi connectivity index (χ1v) is 4.61. The fourth-order valence-corrected chi connectivity index (χ4v) is 1.12. The van der Waals surface area contributed by atoms with Gasteiger partial charge in [0.25, 0.3) is 0 Å². The lowest BCUT2D eigenvalue weighted by atomic mass is 10.1. The molecule has 0 aliphatic rings. The van der Waals surface area contributed by atoms with Crippen molar-refractivity contribution in [2.75, 3.05) is 0 Å². The van der Waals surface area contributed by atoms with E-state index >= 15 is 0 Å². The summed E-state index contributed by atoms with van der Waals surface area (Å²) in [7, 11) is 0. The first-order valence-electron chi connectivity index (χ1n) is 4.18. The van der Waals surface area contributed by atoms with Crippen molar-refractivity contribution in [1.82, 2.24) is 4.98 Å². The standard InChI is InChI=1S/C9H14ClNO/c1-6(2)4-8-5-12-9(11-8)7(3)10/h5-7H,4H2,1-3H3. The van der Waals surface area contributed by atoms with Gasteiger partial charge in [0, 0.05) is 0 Å². The van der Waals surface area contributed by atoms with Crippen LogP contribution in [0.5, 0.6) is 0 Å². The Labute approximate surface area is 77.9 Å². The summed E-state index contributed by atoms with van der Waals surface area (Å²) in [6.45, 7) is 6.16. The highest BCUT2D eigenvalue weighted by Crippen LogP contribution is 2.19. The van der Waals surface area contributed by atoms with Gasteiger partial charge in [-0.3, -0.25) is 0 Å². The molecule has 1 rings (SSSR count). The van der Waals surface area contributed by atoms with Crippen molar-refractivity contribution in [3.63, 3.8) is 0 Å². The van der Waals surface area contributed by atoms with Gasteiger partial charge in [0.2, 0.25) is 5.89 Å². The van der Waals surface area contributed by atoms with Gasteiger partial charge < -0.3 is 4.42 Å². The number of alkyl halides is 1. The van der Waals surface area contributed by atoms with Gasteiger partial charge in [-0.25, -0.2) is 4.98 Å². The lowest BCUT2D eigenvalue weighted by molar-refractivity contribution is 0.495. The highest BCUT2D eigenvalue weighted by Gasteiger charge is 2.09. The van der Waals surface area contributed by atoms with Crippen molar-refractivity contribution < 1.29 is 4.42 Å². The van der Waals surface area contributed by atoms with Gasteiger partial charge in [-0.05, 0) is 19.3 Å². The average molecular weight is 188 g/mol. The van der Waals surface area contributed by atoms with Gasteiger partial charge in [0.1, 0.15) is 11.6 Å². The molecule has 68 valence electrons. The Bertz CT molecular complexity index is 242. The zero-order chi connectivity index (χ0) is 9.14. The Morgan fingerprint density at radius 1 is 1.50 bits per heavy atom. The van der Waals surface area contributed by atoms with Crippen LogP contribution >= 0.6 is 11.6 Å². The molecule has 1 unspecified atom stereocenters. The lowest BCUT2D eigenvalue weighted by Gasteiger charge is -1.98. The van der Waals surface area contributed by atoms with Gasteiger partial charge in [-0.15, -0.1) is 11.6 Å². The lowest BCUT2D eigenvalue weighted by Crippen LogP contribution is -1.94. The number of nitrogens with zero attached hydrogens (tertiary/aromatic N) is 1. The number of rotatable bonds is 3. The summed E-state index contributed by atoms with van der Waals surface area (Å²) in [6.07, 6.45) is 2.64. The second-order valence-electron chi connectivity index (χ2n) is 3.39. The molecule has 0 N–H and O–H groups in total. The molecule has 0 radical (unpaired) electrons. The van der Waals surface area contributed by atoms with Gasteiger partial charge in [0.05, 0.1) is 5.69 Å². The molecule has 0 amide bonds. The Balaban J connectivity index is 2.64. The molecule has 2 nitrogen and oxygen atoms in total. The molecule has 12 heavy (non-hydrogen) atoms. The third-order valence-electron chi connectivity index (χ3n) is 1.53. The fraction of sp³-hybridized carbons (Fsp3) is 0.667. The van der Waals surface area contributed by atoms with Crippen LogP contribution in [0.25, 0.3) is 0 Å². The van der Waals surface area contributed by atoms with Crippen LogP contribution in [0.2, 0.25) is 0 Å². The second-order valence-corrected chi connectivity index (χ2v) is 4.05. The van der Waals surface area contributed by atoms with E-state index in [2.05, 4.69) is 18.8 Å². The summed E-state index contributed by atoms with van der Waals surface area (Å²) in [6, 6.07) is 0. The van der Waals surface area contributed by atoms with Crippen LogP contribution in [0.3, 0.4) is 0 Å². The summed E-state index contributed by atoms with van der Waals surface area (Å²) in [4.78, 5) is 4.25. The average Bonchev–Trinajstić information content (AvgIpc) is 2.34. The van der Waals surface area contributed by atoms with Gasteiger partial charge >= 0.3 is 0 Å². The minimum atomic E-state index is -0.133. The zero-order valence-electron chi connectivity index (χ0n) is 7.67. The monoisotopic (exact) mass is 187 g/mol. The van der Waals surface area contributed by atoms with Crippen molar-refractivity contribution in [3.8, 4) is 0 Å². The van der Waals surface area contributed by atoms with Crippen LogP contribution in [-0.2, 0) is 6.42 Å². The van der Waals surface area contributed by atoms with Crippen LogP contribution in [0.1, 0.15) is 37.7 Å². The van der Waals surface area contributed by atoms with Crippen molar-refractivity contribution in [3.05, 3.63) is 17.8 Å². The van der Waals surface area contributed by atoms with E-state index in [0.29, 0.717) is 11.8 Å². The van der Waals surface area contributed by atoms with E-state index in [-0.39, 0.29) is 5.38 Å². The molecule has 1 aromatic heterocycles. The van der Waals surface area contributed by atoms with Crippen LogP contribution < -0.4 is 0 Å². The normalized spacial score (nSPS) is 13.8.